The molecule has 0 fully saturated rings. The van der Waals surface area contributed by atoms with E-state index in [1.165, 1.54) is 12.7 Å². The fraction of sp³-hybridized carbons (Fsp3) is 0.500. The van der Waals surface area contributed by atoms with Gasteiger partial charge in [-0.05, 0) is 0 Å². The van der Waals surface area contributed by atoms with E-state index in [4.69, 9.17) is 5.21 Å². The number of carbonyl (C=O) groups is 1. The molecule has 0 saturated heterocycles. The van der Waals surface area contributed by atoms with Crippen molar-refractivity contribution in [1.29, 1.82) is 0 Å². The molecule has 0 aliphatic heterocycles. The number of oxime groups is 1. The van der Waals surface area contributed by atoms with E-state index in [0.29, 0.717) is 0 Å². The van der Waals surface area contributed by atoms with E-state index in [1.54, 1.807) is 20.8 Å². The Balaban J connectivity index is 3.00. The van der Waals surface area contributed by atoms with Crippen LogP contribution in [0, 0.1) is 5.41 Å². The molecular formula is C8H12N4O2. The van der Waals surface area contributed by atoms with Crippen molar-refractivity contribution in [2.24, 2.45) is 10.6 Å². The summed E-state index contributed by atoms with van der Waals surface area (Å²) in [6, 6.07) is 0. The zero-order valence-corrected chi connectivity index (χ0v) is 8.30. The van der Waals surface area contributed by atoms with Crippen LogP contribution in [-0.2, 0) is 0 Å². The van der Waals surface area contributed by atoms with Gasteiger partial charge in [0.15, 0.2) is 5.71 Å². The Morgan fingerprint density at radius 2 is 2.14 bits per heavy atom. The first-order valence-electron chi connectivity index (χ1n) is 4.08. The van der Waals surface area contributed by atoms with Gasteiger partial charge in [-0.25, -0.2) is 4.98 Å². The molecule has 6 nitrogen and oxygen atoms in total. The molecule has 0 aliphatic rings. The van der Waals surface area contributed by atoms with E-state index >= 15 is 0 Å². The molecule has 1 heterocycles. The highest BCUT2D eigenvalue weighted by atomic mass is 16.4. The summed E-state index contributed by atoms with van der Waals surface area (Å²) in [6.45, 7) is 5.32. The third-order valence-electron chi connectivity index (χ3n) is 1.64. The van der Waals surface area contributed by atoms with E-state index in [2.05, 4.69) is 15.2 Å². The molecule has 0 amide bonds. The van der Waals surface area contributed by atoms with E-state index < -0.39 is 11.3 Å². The Kier molecular flexibility index (Phi) is 2.64. The van der Waals surface area contributed by atoms with Crippen LogP contribution in [0.4, 0.5) is 0 Å². The van der Waals surface area contributed by atoms with Gasteiger partial charge in [-0.15, -0.1) is 0 Å². The predicted octanol–water partition coefficient (Wildman–Crippen LogP) is 0.795. The van der Waals surface area contributed by atoms with Crippen LogP contribution in [0.5, 0.6) is 0 Å². The maximum Gasteiger partial charge on any atom is 0.297 e. The average molecular weight is 196 g/mol. The van der Waals surface area contributed by atoms with Crippen molar-refractivity contribution in [3.63, 3.8) is 0 Å². The van der Waals surface area contributed by atoms with Crippen molar-refractivity contribution in [3.8, 4) is 0 Å². The largest absolute Gasteiger partial charge is 0.410 e. The van der Waals surface area contributed by atoms with Crippen molar-refractivity contribution in [2.45, 2.75) is 20.8 Å². The van der Waals surface area contributed by atoms with Gasteiger partial charge in [-0.2, -0.15) is 9.78 Å². The van der Waals surface area contributed by atoms with Gasteiger partial charge in [-0.1, -0.05) is 25.9 Å². The highest BCUT2D eigenvalue weighted by Gasteiger charge is 2.28. The number of hydrogen-bond donors (Lipinski definition) is 1. The van der Waals surface area contributed by atoms with Crippen LogP contribution in [0.2, 0.25) is 0 Å². The highest BCUT2D eigenvalue weighted by molar-refractivity contribution is 6.40. The van der Waals surface area contributed by atoms with Gasteiger partial charge in [0.25, 0.3) is 5.91 Å². The molecule has 0 aromatic carbocycles. The van der Waals surface area contributed by atoms with Crippen LogP contribution >= 0.6 is 0 Å². The molecule has 0 saturated carbocycles. The predicted molar refractivity (Wildman–Crippen MR) is 49.3 cm³/mol. The average Bonchev–Trinajstić information content (AvgIpc) is 2.53. The minimum absolute atomic E-state index is 0.0444. The number of rotatable bonds is 1. The third-order valence-corrected chi connectivity index (χ3v) is 1.64. The molecule has 1 aromatic heterocycles. The monoisotopic (exact) mass is 196 g/mol. The minimum atomic E-state index is -0.530. The van der Waals surface area contributed by atoms with E-state index in [9.17, 15) is 4.79 Å². The van der Waals surface area contributed by atoms with Crippen molar-refractivity contribution in [1.82, 2.24) is 14.8 Å². The Morgan fingerprint density at radius 1 is 1.50 bits per heavy atom. The molecule has 1 aromatic rings. The first-order valence-corrected chi connectivity index (χ1v) is 4.08. The molecule has 6 heteroatoms. The van der Waals surface area contributed by atoms with Crippen molar-refractivity contribution in [2.75, 3.05) is 0 Å². The Morgan fingerprint density at radius 3 is 2.50 bits per heavy atom. The first-order chi connectivity index (χ1) is 6.46. The summed E-state index contributed by atoms with van der Waals surface area (Å²) in [5, 5.41) is 15.4. The van der Waals surface area contributed by atoms with Gasteiger partial charge < -0.3 is 5.21 Å². The second-order valence-corrected chi connectivity index (χ2v) is 3.84. The topological polar surface area (TPSA) is 80.4 Å². The van der Waals surface area contributed by atoms with E-state index in [1.807, 2.05) is 0 Å². The lowest BCUT2D eigenvalue weighted by atomic mass is 9.89. The zero-order valence-electron chi connectivity index (χ0n) is 8.30. The molecule has 0 unspecified atom stereocenters. The fourth-order valence-electron chi connectivity index (χ4n) is 0.935. The molecule has 76 valence electrons. The lowest BCUT2D eigenvalue weighted by Gasteiger charge is -2.17. The number of carbonyl (C=O) groups excluding carboxylic acids is 1. The van der Waals surface area contributed by atoms with Gasteiger partial charge in [0.2, 0.25) is 0 Å². The van der Waals surface area contributed by atoms with Gasteiger partial charge in [0, 0.05) is 5.41 Å². The minimum Gasteiger partial charge on any atom is -0.410 e. The smallest absolute Gasteiger partial charge is 0.297 e. The van der Waals surface area contributed by atoms with Crippen LogP contribution < -0.4 is 0 Å². The molecule has 1 N–H and O–H groups in total. The second-order valence-electron chi connectivity index (χ2n) is 3.84. The van der Waals surface area contributed by atoms with Crippen molar-refractivity contribution < 1.29 is 10.0 Å². The Bertz CT molecular complexity index is 348. The Labute approximate surface area is 81.3 Å². The molecule has 0 aliphatic carbocycles. The molecule has 0 radical (unpaired) electrons. The lowest BCUT2D eigenvalue weighted by molar-refractivity contribution is 0.0960. The molecular weight excluding hydrogens is 184 g/mol. The molecule has 0 bridgehead atoms. The second kappa shape index (κ2) is 3.57. The van der Waals surface area contributed by atoms with Gasteiger partial charge in [0.1, 0.15) is 12.7 Å². The van der Waals surface area contributed by atoms with Crippen LogP contribution in [0.15, 0.2) is 17.8 Å². The van der Waals surface area contributed by atoms with E-state index in [-0.39, 0.29) is 5.71 Å². The van der Waals surface area contributed by atoms with E-state index in [0.717, 1.165) is 4.68 Å². The number of aromatic nitrogens is 3. The SMILES string of the molecule is CC(C)(C)/C(=N\O)C(=O)n1cncn1. The van der Waals surface area contributed by atoms with Gasteiger partial charge in [-0.3, -0.25) is 4.79 Å². The maximum atomic E-state index is 11.7. The highest BCUT2D eigenvalue weighted by Crippen LogP contribution is 2.16. The molecule has 0 spiro atoms. The van der Waals surface area contributed by atoms with Crippen LogP contribution in [0.3, 0.4) is 0 Å². The third kappa shape index (κ3) is 1.95. The number of nitrogens with zero attached hydrogens (tertiary/aromatic N) is 4. The molecule has 0 atom stereocenters. The summed E-state index contributed by atoms with van der Waals surface area (Å²) >= 11 is 0. The lowest BCUT2D eigenvalue weighted by Crippen LogP contribution is -2.33. The fourth-order valence-corrected chi connectivity index (χ4v) is 0.935. The number of hydrogen-bond acceptors (Lipinski definition) is 5. The normalized spacial score (nSPS) is 12.9. The van der Waals surface area contributed by atoms with Crippen LogP contribution in [0.1, 0.15) is 25.6 Å². The standard InChI is InChI=1S/C8H12N4O2/c1-8(2,3)6(11-14)7(13)12-5-9-4-10-12/h4-5,14H,1-3H3/b11-6-. The zero-order chi connectivity index (χ0) is 10.8. The summed E-state index contributed by atoms with van der Waals surface area (Å²) in [7, 11) is 0. The molecule has 1 rings (SSSR count). The summed E-state index contributed by atoms with van der Waals surface area (Å²) in [5.41, 5.74) is -0.486. The molecule has 14 heavy (non-hydrogen) atoms. The summed E-state index contributed by atoms with van der Waals surface area (Å²) in [6.07, 6.45) is 2.51. The maximum absolute atomic E-state index is 11.7. The summed E-state index contributed by atoms with van der Waals surface area (Å²) in [4.78, 5) is 15.3. The van der Waals surface area contributed by atoms with Crippen molar-refractivity contribution >= 4 is 11.6 Å². The summed E-state index contributed by atoms with van der Waals surface area (Å²) < 4.78 is 1.03. The summed E-state index contributed by atoms with van der Waals surface area (Å²) in [5.74, 6) is -0.475. The van der Waals surface area contributed by atoms with Crippen LogP contribution in [-0.4, -0.2) is 31.6 Å². The van der Waals surface area contributed by atoms with Gasteiger partial charge >= 0.3 is 0 Å². The Hall–Kier alpha value is -1.72. The quantitative estimate of drug-likeness (QED) is 0.409. The van der Waals surface area contributed by atoms with Crippen LogP contribution in [0.25, 0.3) is 0 Å². The van der Waals surface area contributed by atoms with Crippen molar-refractivity contribution in [3.05, 3.63) is 12.7 Å². The van der Waals surface area contributed by atoms with Gasteiger partial charge in [0.05, 0.1) is 0 Å². The first kappa shape index (κ1) is 10.4.